The lowest BCUT2D eigenvalue weighted by atomic mass is 10.2. The van der Waals surface area contributed by atoms with E-state index in [9.17, 15) is 10.1 Å². The SMILES string of the molecule is C/C=C/COc1ccc(CNCC)cc1[N+](=O)[O-]. The number of ether oxygens (including phenoxy) is 1. The van der Waals surface area contributed by atoms with Crippen LogP contribution in [0.1, 0.15) is 19.4 Å². The summed E-state index contributed by atoms with van der Waals surface area (Å²) in [5.74, 6) is 0.304. The fraction of sp³-hybridized carbons (Fsp3) is 0.385. The summed E-state index contributed by atoms with van der Waals surface area (Å²) in [5, 5.41) is 14.1. The van der Waals surface area contributed by atoms with Gasteiger partial charge in [0, 0.05) is 12.6 Å². The van der Waals surface area contributed by atoms with Crippen LogP contribution in [0.2, 0.25) is 0 Å². The molecule has 1 N–H and O–H groups in total. The molecule has 0 aromatic heterocycles. The van der Waals surface area contributed by atoms with Crippen LogP contribution in [-0.4, -0.2) is 18.1 Å². The Morgan fingerprint density at radius 3 is 2.89 bits per heavy atom. The predicted octanol–water partition coefficient (Wildman–Crippen LogP) is 2.66. The Bertz CT molecular complexity index is 430. The fourth-order valence-electron chi connectivity index (χ4n) is 1.44. The highest BCUT2D eigenvalue weighted by molar-refractivity contribution is 5.48. The van der Waals surface area contributed by atoms with Crippen molar-refractivity contribution in [3.63, 3.8) is 0 Å². The molecule has 0 saturated carbocycles. The number of nitro groups is 1. The highest BCUT2D eigenvalue weighted by atomic mass is 16.6. The van der Waals surface area contributed by atoms with Crippen LogP contribution in [-0.2, 0) is 6.54 Å². The van der Waals surface area contributed by atoms with E-state index in [0.717, 1.165) is 12.1 Å². The summed E-state index contributed by atoms with van der Waals surface area (Å²) in [7, 11) is 0. The predicted molar refractivity (Wildman–Crippen MR) is 70.8 cm³/mol. The number of nitrogens with zero attached hydrogens (tertiary/aromatic N) is 1. The zero-order valence-electron chi connectivity index (χ0n) is 10.7. The van der Waals surface area contributed by atoms with Crippen molar-refractivity contribution in [1.29, 1.82) is 0 Å². The van der Waals surface area contributed by atoms with Crippen molar-refractivity contribution in [2.45, 2.75) is 20.4 Å². The zero-order valence-corrected chi connectivity index (χ0v) is 10.7. The van der Waals surface area contributed by atoms with Gasteiger partial charge in [-0.1, -0.05) is 25.1 Å². The molecule has 0 unspecified atom stereocenters. The second-order valence-electron chi connectivity index (χ2n) is 3.72. The molecule has 0 heterocycles. The van der Waals surface area contributed by atoms with Gasteiger partial charge in [-0.25, -0.2) is 0 Å². The smallest absolute Gasteiger partial charge is 0.311 e. The van der Waals surface area contributed by atoms with Gasteiger partial charge in [0.15, 0.2) is 5.75 Å². The Kier molecular flexibility index (Phi) is 5.87. The van der Waals surface area contributed by atoms with Crippen LogP contribution in [0.25, 0.3) is 0 Å². The number of hydrogen-bond donors (Lipinski definition) is 1. The topological polar surface area (TPSA) is 64.4 Å². The van der Waals surface area contributed by atoms with Gasteiger partial charge in [-0.05, 0) is 25.1 Å². The molecule has 0 radical (unpaired) electrons. The molecule has 1 rings (SSSR count). The standard InChI is InChI=1S/C13H18N2O3/c1-3-5-8-18-13-7-6-11(10-14-4-2)9-12(13)15(16)17/h3,5-7,9,14H,4,8,10H2,1-2H3/b5-3+. The van der Waals surface area contributed by atoms with Gasteiger partial charge in [-0.15, -0.1) is 0 Å². The number of hydrogen-bond acceptors (Lipinski definition) is 4. The van der Waals surface area contributed by atoms with Crippen LogP contribution in [0.4, 0.5) is 5.69 Å². The average molecular weight is 250 g/mol. The fourth-order valence-corrected chi connectivity index (χ4v) is 1.44. The van der Waals surface area contributed by atoms with Crippen LogP contribution in [0.3, 0.4) is 0 Å². The molecule has 98 valence electrons. The third-order valence-electron chi connectivity index (χ3n) is 2.37. The van der Waals surface area contributed by atoms with E-state index in [0.29, 0.717) is 18.9 Å². The van der Waals surface area contributed by atoms with E-state index in [1.54, 1.807) is 18.2 Å². The van der Waals surface area contributed by atoms with Gasteiger partial charge < -0.3 is 10.1 Å². The molecule has 1 aromatic rings. The summed E-state index contributed by atoms with van der Waals surface area (Å²) in [5.41, 5.74) is 0.886. The Labute approximate surface area is 107 Å². The van der Waals surface area contributed by atoms with Crippen molar-refractivity contribution in [1.82, 2.24) is 5.32 Å². The largest absolute Gasteiger partial charge is 0.483 e. The molecular weight excluding hydrogens is 232 g/mol. The van der Waals surface area contributed by atoms with Gasteiger partial charge >= 0.3 is 5.69 Å². The molecule has 0 aliphatic heterocycles. The zero-order chi connectivity index (χ0) is 13.4. The molecule has 0 amide bonds. The Hall–Kier alpha value is -1.88. The van der Waals surface area contributed by atoms with Crippen molar-refractivity contribution in [3.05, 3.63) is 46.0 Å². The first-order valence-corrected chi connectivity index (χ1v) is 5.91. The highest BCUT2D eigenvalue weighted by Crippen LogP contribution is 2.27. The minimum absolute atomic E-state index is 0.00917. The Morgan fingerprint density at radius 2 is 2.28 bits per heavy atom. The maximum absolute atomic E-state index is 11.0. The van der Waals surface area contributed by atoms with E-state index >= 15 is 0 Å². The number of allylic oxidation sites excluding steroid dienone is 1. The lowest BCUT2D eigenvalue weighted by Crippen LogP contribution is -2.12. The third kappa shape index (κ3) is 4.18. The molecule has 0 bridgehead atoms. The molecule has 0 aliphatic carbocycles. The van der Waals surface area contributed by atoms with Crippen molar-refractivity contribution in [3.8, 4) is 5.75 Å². The second kappa shape index (κ2) is 7.45. The van der Waals surface area contributed by atoms with Gasteiger partial charge in [0.1, 0.15) is 6.61 Å². The lowest BCUT2D eigenvalue weighted by molar-refractivity contribution is -0.385. The number of nitro benzene ring substituents is 1. The van der Waals surface area contributed by atoms with Gasteiger partial charge in [0.2, 0.25) is 0 Å². The molecule has 0 fully saturated rings. The monoisotopic (exact) mass is 250 g/mol. The number of benzene rings is 1. The summed E-state index contributed by atoms with van der Waals surface area (Å²) in [4.78, 5) is 10.6. The van der Waals surface area contributed by atoms with E-state index in [2.05, 4.69) is 5.32 Å². The van der Waals surface area contributed by atoms with Gasteiger partial charge in [0.25, 0.3) is 0 Å². The first-order valence-electron chi connectivity index (χ1n) is 5.91. The maximum Gasteiger partial charge on any atom is 0.311 e. The van der Waals surface area contributed by atoms with E-state index in [1.165, 1.54) is 0 Å². The minimum atomic E-state index is -0.416. The first-order chi connectivity index (χ1) is 8.69. The van der Waals surface area contributed by atoms with Crippen LogP contribution in [0.5, 0.6) is 5.75 Å². The third-order valence-corrected chi connectivity index (χ3v) is 2.37. The summed E-state index contributed by atoms with van der Waals surface area (Å²) in [6.45, 7) is 5.64. The van der Waals surface area contributed by atoms with E-state index in [4.69, 9.17) is 4.74 Å². The summed E-state index contributed by atoms with van der Waals surface area (Å²) < 4.78 is 5.35. The van der Waals surface area contributed by atoms with Crippen LogP contribution in [0, 0.1) is 10.1 Å². The van der Waals surface area contributed by atoms with Gasteiger partial charge in [-0.3, -0.25) is 10.1 Å². The van der Waals surface area contributed by atoms with Crippen LogP contribution in [0.15, 0.2) is 30.4 Å². The van der Waals surface area contributed by atoms with Crippen molar-refractivity contribution in [2.75, 3.05) is 13.2 Å². The van der Waals surface area contributed by atoms with Crippen molar-refractivity contribution >= 4 is 5.69 Å². The molecule has 5 nitrogen and oxygen atoms in total. The second-order valence-corrected chi connectivity index (χ2v) is 3.72. The molecule has 1 aromatic carbocycles. The number of nitrogens with one attached hydrogen (secondary N) is 1. The van der Waals surface area contributed by atoms with E-state index in [1.807, 2.05) is 26.0 Å². The summed E-state index contributed by atoms with van der Waals surface area (Å²) in [6, 6.07) is 5.03. The molecule has 18 heavy (non-hydrogen) atoms. The molecule has 0 atom stereocenters. The Balaban J connectivity index is 2.86. The normalized spacial score (nSPS) is 10.8. The molecule has 0 saturated heterocycles. The molecule has 0 aliphatic rings. The maximum atomic E-state index is 11.0. The summed E-state index contributed by atoms with van der Waals surface area (Å²) >= 11 is 0. The van der Waals surface area contributed by atoms with Crippen molar-refractivity contribution in [2.24, 2.45) is 0 Å². The lowest BCUT2D eigenvalue weighted by Gasteiger charge is -2.07. The number of rotatable bonds is 7. The minimum Gasteiger partial charge on any atom is -0.483 e. The van der Waals surface area contributed by atoms with Gasteiger partial charge in [0.05, 0.1) is 4.92 Å². The average Bonchev–Trinajstić information content (AvgIpc) is 2.37. The molecular formula is C13H18N2O3. The van der Waals surface area contributed by atoms with E-state index < -0.39 is 4.92 Å². The quantitative estimate of drug-likeness (QED) is 0.459. The van der Waals surface area contributed by atoms with Crippen LogP contribution < -0.4 is 10.1 Å². The van der Waals surface area contributed by atoms with E-state index in [-0.39, 0.29) is 5.69 Å². The first kappa shape index (κ1) is 14.2. The highest BCUT2D eigenvalue weighted by Gasteiger charge is 2.15. The molecule has 0 spiro atoms. The van der Waals surface area contributed by atoms with Gasteiger partial charge in [-0.2, -0.15) is 0 Å². The van der Waals surface area contributed by atoms with Crippen molar-refractivity contribution < 1.29 is 9.66 Å². The summed E-state index contributed by atoms with van der Waals surface area (Å²) in [6.07, 6.45) is 3.64. The Morgan fingerprint density at radius 1 is 1.50 bits per heavy atom. The molecule has 5 heteroatoms. The van der Waals surface area contributed by atoms with Crippen LogP contribution >= 0.6 is 0 Å².